The van der Waals surface area contributed by atoms with Crippen LogP contribution in [0, 0.1) is 6.92 Å². The molecule has 1 aromatic carbocycles. The van der Waals surface area contributed by atoms with Crippen molar-refractivity contribution in [3.8, 4) is 5.75 Å². The third kappa shape index (κ3) is 2.59. The molecule has 0 saturated carbocycles. The Hall–Kier alpha value is -0.803. The Morgan fingerprint density at radius 2 is 1.93 bits per heavy atom. The lowest BCUT2D eigenvalue weighted by molar-refractivity contribution is 0.301. The molecule has 0 heterocycles. The molecule has 1 aromatic rings. The number of rotatable bonds is 5. The van der Waals surface area contributed by atoms with Gasteiger partial charge in [0.15, 0.2) is 0 Å². The van der Waals surface area contributed by atoms with Gasteiger partial charge in [-0.25, -0.2) is 0 Å². The highest BCUT2D eigenvalue weighted by atomic mass is 28.4. The van der Waals surface area contributed by atoms with Gasteiger partial charge in [0.1, 0.15) is 5.75 Å². The molecule has 77 valence electrons. The summed E-state index contributed by atoms with van der Waals surface area (Å²) in [5.41, 5.74) is 0. The minimum absolute atomic E-state index is 0.731. The maximum atomic E-state index is 5.90. The van der Waals surface area contributed by atoms with Crippen LogP contribution in [-0.2, 0) is 4.43 Å². The Morgan fingerprint density at radius 1 is 1.29 bits per heavy atom. The Kier molecular flexibility index (Phi) is 4.16. The van der Waals surface area contributed by atoms with Gasteiger partial charge < -0.3 is 8.85 Å². The fourth-order valence-electron chi connectivity index (χ4n) is 1.29. The molecule has 2 nitrogen and oxygen atoms in total. The van der Waals surface area contributed by atoms with Crippen LogP contribution in [0.5, 0.6) is 5.75 Å². The Morgan fingerprint density at radius 3 is 2.36 bits per heavy atom. The number of para-hydroxylation sites is 1. The second kappa shape index (κ2) is 5.17. The number of benzene rings is 1. The van der Waals surface area contributed by atoms with E-state index in [1.165, 1.54) is 0 Å². The van der Waals surface area contributed by atoms with Crippen LogP contribution in [0.2, 0.25) is 12.1 Å². The zero-order valence-corrected chi connectivity index (χ0v) is 9.82. The summed E-state index contributed by atoms with van der Waals surface area (Å²) < 4.78 is 11.4. The van der Waals surface area contributed by atoms with Crippen LogP contribution < -0.4 is 4.43 Å². The van der Waals surface area contributed by atoms with E-state index in [0.717, 1.165) is 17.8 Å². The van der Waals surface area contributed by atoms with Crippen molar-refractivity contribution in [2.24, 2.45) is 0 Å². The van der Waals surface area contributed by atoms with Crippen molar-refractivity contribution in [2.75, 3.05) is 7.11 Å². The van der Waals surface area contributed by atoms with Crippen molar-refractivity contribution in [3.63, 3.8) is 0 Å². The van der Waals surface area contributed by atoms with E-state index in [1.54, 1.807) is 7.11 Å². The SMILES string of the molecule is [CH2]C[Si](CC)(OC)Oc1ccccc1. The first-order valence-electron chi connectivity index (χ1n) is 4.85. The molecule has 1 unspecified atom stereocenters. The summed E-state index contributed by atoms with van der Waals surface area (Å²) in [4.78, 5) is 0. The van der Waals surface area contributed by atoms with Gasteiger partial charge in [0, 0.05) is 13.2 Å². The molecule has 0 aliphatic rings. The second-order valence-corrected chi connectivity index (χ2v) is 6.77. The van der Waals surface area contributed by atoms with E-state index in [1.807, 2.05) is 30.3 Å². The van der Waals surface area contributed by atoms with Crippen LogP contribution in [-0.4, -0.2) is 15.7 Å². The van der Waals surface area contributed by atoms with Gasteiger partial charge in [0.2, 0.25) is 0 Å². The van der Waals surface area contributed by atoms with E-state index in [9.17, 15) is 0 Å². The predicted molar refractivity (Wildman–Crippen MR) is 60.5 cm³/mol. The van der Waals surface area contributed by atoms with E-state index >= 15 is 0 Å². The summed E-state index contributed by atoms with van der Waals surface area (Å²) in [5, 5.41) is 0. The molecule has 0 saturated heterocycles. The van der Waals surface area contributed by atoms with Crippen LogP contribution in [0.25, 0.3) is 0 Å². The molecule has 0 bridgehead atoms. The van der Waals surface area contributed by atoms with Gasteiger partial charge in [-0.2, -0.15) is 0 Å². The fourth-order valence-corrected chi connectivity index (χ4v) is 3.03. The summed E-state index contributed by atoms with van der Waals surface area (Å²) in [5.74, 6) is 0.881. The molecule has 1 atom stereocenters. The molecule has 0 aromatic heterocycles. The van der Waals surface area contributed by atoms with Gasteiger partial charge in [-0.3, -0.25) is 0 Å². The summed E-state index contributed by atoms with van der Waals surface area (Å²) in [6.07, 6.45) is 0. The van der Waals surface area contributed by atoms with Gasteiger partial charge in [-0.15, -0.1) is 0 Å². The van der Waals surface area contributed by atoms with Crippen molar-refractivity contribution in [1.29, 1.82) is 0 Å². The molecule has 0 aliphatic heterocycles. The van der Waals surface area contributed by atoms with E-state index in [4.69, 9.17) is 8.85 Å². The average molecular weight is 209 g/mol. The molecular formula is C11H17O2Si. The molecule has 0 fully saturated rings. The van der Waals surface area contributed by atoms with Crippen molar-refractivity contribution >= 4 is 8.56 Å². The lowest BCUT2D eigenvalue weighted by atomic mass is 10.3. The van der Waals surface area contributed by atoms with E-state index in [-0.39, 0.29) is 0 Å². The first kappa shape index (κ1) is 11.3. The minimum Gasteiger partial charge on any atom is -0.520 e. The quantitative estimate of drug-likeness (QED) is 0.694. The van der Waals surface area contributed by atoms with Crippen molar-refractivity contribution in [2.45, 2.75) is 19.0 Å². The van der Waals surface area contributed by atoms with Gasteiger partial charge in [-0.05, 0) is 18.2 Å². The summed E-state index contributed by atoms with van der Waals surface area (Å²) >= 11 is 0. The zero-order valence-electron chi connectivity index (χ0n) is 8.82. The van der Waals surface area contributed by atoms with Crippen molar-refractivity contribution in [1.82, 2.24) is 0 Å². The standard InChI is InChI=1S/C11H17O2Si/c1-4-14(5-2,12-3)13-11-9-7-6-8-10-11/h6-10H,1,4-5H2,2-3H3. The maximum Gasteiger partial charge on any atom is 0.398 e. The van der Waals surface area contributed by atoms with Crippen LogP contribution in [0.1, 0.15) is 6.92 Å². The molecule has 0 spiro atoms. The molecule has 0 amide bonds. The molecule has 1 rings (SSSR count). The van der Waals surface area contributed by atoms with Gasteiger partial charge in [-0.1, -0.05) is 32.0 Å². The first-order chi connectivity index (χ1) is 6.76. The Bertz CT molecular complexity index is 249. The third-order valence-electron chi connectivity index (χ3n) is 2.34. The zero-order chi connectivity index (χ0) is 10.4. The van der Waals surface area contributed by atoms with Crippen molar-refractivity contribution in [3.05, 3.63) is 37.3 Å². The number of hydrogen-bond donors (Lipinski definition) is 0. The highest BCUT2D eigenvalue weighted by Crippen LogP contribution is 2.21. The summed E-state index contributed by atoms with van der Waals surface area (Å²) in [6, 6.07) is 11.4. The Labute approximate surface area is 87.1 Å². The normalized spacial score (nSPS) is 11.4. The highest BCUT2D eigenvalue weighted by Gasteiger charge is 2.34. The predicted octanol–water partition coefficient (Wildman–Crippen LogP) is 3.01. The smallest absolute Gasteiger partial charge is 0.398 e. The van der Waals surface area contributed by atoms with E-state index in [2.05, 4.69) is 13.8 Å². The highest BCUT2D eigenvalue weighted by molar-refractivity contribution is 6.68. The lowest BCUT2D eigenvalue weighted by Gasteiger charge is -2.27. The second-order valence-electron chi connectivity index (χ2n) is 3.13. The van der Waals surface area contributed by atoms with E-state index in [0.29, 0.717) is 0 Å². The summed E-state index contributed by atoms with van der Waals surface area (Å²) in [6.45, 7) is 5.99. The Balaban J connectivity index is 2.74. The third-order valence-corrected chi connectivity index (χ3v) is 5.53. The monoisotopic (exact) mass is 209 g/mol. The fraction of sp³-hybridized carbons (Fsp3) is 0.364. The van der Waals surface area contributed by atoms with Gasteiger partial charge in [0.25, 0.3) is 0 Å². The van der Waals surface area contributed by atoms with Crippen molar-refractivity contribution < 1.29 is 8.85 Å². The summed E-state index contributed by atoms with van der Waals surface area (Å²) in [7, 11) is -0.357. The molecule has 1 radical (unpaired) electrons. The van der Waals surface area contributed by atoms with Gasteiger partial charge in [0.05, 0.1) is 0 Å². The molecule has 0 N–H and O–H groups in total. The van der Waals surface area contributed by atoms with Crippen LogP contribution in [0.4, 0.5) is 0 Å². The maximum absolute atomic E-state index is 5.90. The first-order valence-corrected chi connectivity index (χ1v) is 7.08. The topological polar surface area (TPSA) is 18.5 Å². The van der Waals surface area contributed by atoms with E-state index < -0.39 is 8.56 Å². The van der Waals surface area contributed by atoms with Crippen LogP contribution >= 0.6 is 0 Å². The largest absolute Gasteiger partial charge is 0.520 e. The molecule has 14 heavy (non-hydrogen) atoms. The molecule has 0 aliphatic carbocycles. The molecular weight excluding hydrogens is 192 g/mol. The van der Waals surface area contributed by atoms with Crippen LogP contribution in [0.3, 0.4) is 0 Å². The van der Waals surface area contributed by atoms with Gasteiger partial charge >= 0.3 is 8.56 Å². The van der Waals surface area contributed by atoms with Crippen LogP contribution in [0.15, 0.2) is 30.3 Å². The number of hydrogen-bond acceptors (Lipinski definition) is 2. The minimum atomic E-state index is -2.07. The average Bonchev–Trinajstić information content (AvgIpc) is 2.28. The molecule has 3 heteroatoms. The lowest BCUT2D eigenvalue weighted by Crippen LogP contribution is -2.42.